The fourth-order valence-electron chi connectivity index (χ4n) is 2.67. The van der Waals surface area contributed by atoms with Crippen molar-refractivity contribution in [2.24, 2.45) is 11.8 Å². The van der Waals surface area contributed by atoms with E-state index in [4.69, 9.17) is 23.2 Å². The minimum Gasteiger partial charge on any atom is -0.313 e. The highest BCUT2D eigenvalue weighted by Crippen LogP contribution is 2.39. The molecule has 3 heteroatoms. The van der Waals surface area contributed by atoms with Gasteiger partial charge >= 0.3 is 0 Å². The lowest BCUT2D eigenvalue weighted by Crippen LogP contribution is -2.38. The van der Waals surface area contributed by atoms with E-state index in [1.54, 1.807) is 0 Å². The summed E-state index contributed by atoms with van der Waals surface area (Å²) in [4.78, 5) is 0. The smallest absolute Gasteiger partial charge is 0.0624 e. The molecule has 0 aliphatic heterocycles. The lowest BCUT2D eigenvalue weighted by Gasteiger charge is -2.26. The summed E-state index contributed by atoms with van der Waals surface area (Å²) in [6, 6.07) is 6.44. The van der Waals surface area contributed by atoms with E-state index in [1.165, 1.54) is 12.8 Å². The van der Waals surface area contributed by atoms with Crippen molar-refractivity contribution in [3.63, 3.8) is 0 Å². The Morgan fingerprint density at radius 3 is 2.68 bits per heavy atom. The Hall–Kier alpha value is -0.240. The van der Waals surface area contributed by atoms with Crippen molar-refractivity contribution in [1.29, 1.82) is 0 Å². The molecule has 2 atom stereocenters. The summed E-state index contributed by atoms with van der Waals surface area (Å²) in [6.45, 7) is 5.64. The highest BCUT2D eigenvalue weighted by Gasteiger charge is 2.33. The van der Waals surface area contributed by atoms with Crippen LogP contribution in [0.25, 0.3) is 0 Å². The minimum absolute atomic E-state index is 0.503. The average Bonchev–Trinajstić information content (AvgIpc) is 3.23. The van der Waals surface area contributed by atoms with Gasteiger partial charge in [0.2, 0.25) is 0 Å². The molecule has 0 bridgehead atoms. The molecule has 1 fully saturated rings. The maximum Gasteiger partial charge on any atom is 0.0624 e. The molecule has 0 spiro atoms. The summed E-state index contributed by atoms with van der Waals surface area (Å²) >= 11 is 12.4. The van der Waals surface area contributed by atoms with Gasteiger partial charge in [-0.05, 0) is 55.7 Å². The molecule has 0 amide bonds. The van der Waals surface area contributed by atoms with Gasteiger partial charge in [-0.15, -0.1) is 0 Å². The molecule has 0 aromatic heterocycles. The lowest BCUT2D eigenvalue weighted by molar-refractivity contribution is 0.339. The second-order valence-corrected chi connectivity index (χ2v) is 6.46. The van der Waals surface area contributed by atoms with Gasteiger partial charge in [-0.3, -0.25) is 0 Å². The molecular weight excluding hydrogens is 277 g/mol. The average molecular weight is 300 g/mol. The fourth-order valence-corrected chi connectivity index (χ4v) is 3.06. The number of rotatable bonds is 7. The van der Waals surface area contributed by atoms with Crippen LogP contribution in [-0.4, -0.2) is 12.6 Å². The fraction of sp³-hybridized carbons (Fsp3) is 0.625. The molecule has 1 aromatic carbocycles. The van der Waals surface area contributed by atoms with Gasteiger partial charge in [0.25, 0.3) is 0 Å². The van der Waals surface area contributed by atoms with E-state index in [0.717, 1.165) is 35.9 Å². The van der Waals surface area contributed by atoms with Crippen molar-refractivity contribution < 1.29 is 0 Å². The van der Waals surface area contributed by atoms with E-state index in [2.05, 4.69) is 25.2 Å². The number of hydrogen-bond donors (Lipinski definition) is 1. The van der Waals surface area contributed by atoms with Crippen molar-refractivity contribution in [1.82, 2.24) is 5.32 Å². The van der Waals surface area contributed by atoms with Crippen molar-refractivity contribution >= 4 is 23.2 Å². The van der Waals surface area contributed by atoms with E-state index in [0.29, 0.717) is 17.0 Å². The predicted molar refractivity (Wildman–Crippen MR) is 84.1 cm³/mol. The second-order valence-electron chi connectivity index (χ2n) is 5.67. The third-order valence-electron chi connectivity index (χ3n) is 4.13. The third-order valence-corrected chi connectivity index (χ3v) is 4.99. The Balaban J connectivity index is 2.07. The molecule has 1 N–H and O–H groups in total. The number of halogens is 2. The molecule has 106 valence electrons. The molecule has 19 heavy (non-hydrogen) atoms. The number of nitrogens with one attached hydrogen (secondary N) is 1. The van der Waals surface area contributed by atoms with Gasteiger partial charge in [0.1, 0.15) is 0 Å². The van der Waals surface area contributed by atoms with Crippen LogP contribution in [0.1, 0.15) is 38.7 Å². The van der Waals surface area contributed by atoms with Crippen LogP contribution in [0.2, 0.25) is 10.0 Å². The Morgan fingerprint density at radius 1 is 1.32 bits per heavy atom. The van der Waals surface area contributed by atoms with Gasteiger partial charge in [0.05, 0.1) is 10.0 Å². The predicted octanol–water partition coefficient (Wildman–Crippen LogP) is 4.95. The van der Waals surface area contributed by atoms with Crippen molar-refractivity contribution in [2.75, 3.05) is 6.54 Å². The summed E-state index contributed by atoms with van der Waals surface area (Å²) in [5.74, 6) is 1.61. The second kappa shape index (κ2) is 6.97. The van der Waals surface area contributed by atoms with Gasteiger partial charge in [0.15, 0.2) is 0 Å². The van der Waals surface area contributed by atoms with Gasteiger partial charge in [-0.25, -0.2) is 0 Å². The maximum absolute atomic E-state index is 6.31. The molecule has 1 saturated carbocycles. The first-order valence-electron chi connectivity index (χ1n) is 7.29. The van der Waals surface area contributed by atoms with Crippen LogP contribution >= 0.6 is 23.2 Å². The van der Waals surface area contributed by atoms with E-state index >= 15 is 0 Å². The Bertz CT molecular complexity index is 415. The highest BCUT2D eigenvalue weighted by atomic mass is 35.5. The quantitative estimate of drug-likeness (QED) is 0.751. The summed E-state index contributed by atoms with van der Waals surface area (Å²) in [5.41, 5.74) is 1.16. The van der Waals surface area contributed by atoms with Gasteiger partial charge in [-0.2, -0.15) is 0 Å². The first-order chi connectivity index (χ1) is 9.13. The van der Waals surface area contributed by atoms with E-state index in [-0.39, 0.29) is 0 Å². The lowest BCUT2D eigenvalue weighted by atomic mass is 9.91. The van der Waals surface area contributed by atoms with Crippen LogP contribution < -0.4 is 5.32 Å². The van der Waals surface area contributed by atoms with Crippen LogP contribution in [0, 0.1) is 11.8 Å². The van der Waals surface area contributed by atoms with Gasteiger partial charge < -0.3 is 5.32 Å². The first kappa shape index (κ1) is 15.2. The monoisotopic (exact) mass is 299 g/mol. The summed E-state index contributed by atoms with van der Waals surface area (Å²) in [5, 5.41) is 5.06. The SMILES string of the molecule is CCCNC(Cc1cccc(Cl)c1Cl)C(C)C1CC1. The van der Waals surface area contributed by atoms with Crippen molar-refractivity contribution in [3.05, 3.63) is 33.8 Å². The normalized spacial score (nSPS) is 18.3. The van der Waals surface area contributed by atoms with Crippen LogP contribution in [0.4, 0.5) is 0 Å². The van der Waals surface area contributed by atoms with Gasteiger partial charge in [0, 0.05) is 6.04 Å². The molecular formula is C16H23Cl2N. The topological polar surface area (TPSA) is 12.0 Å². The molecule has 1 aliphatic carbocycles. The maximum atomic E-state index is 6.31. The molecule has 1 aromatic rings. The summed E-state index contributed by atoms with van der Waals surface area (Å²) < 4.78 is 0. The van der Waals surface area contributed by atoms with Gasteiger partial charge in [-0.1, -0.05) is 49.2 Å². The Morgan fingerprint density at radius 2 is 2.05 bits per heavy atom. The largest absolute Gasteiger partial charge is 0.313 e. The minimum atomic E-state index is 0.503. The van der Waals surface area contributed by atoms with E-state index < -0.39 is 0 Å². The molecule has 0 radical (unpaired) electrons. The zero-order valence-corrected chi connectivity index (χ0v) is 13.3. The highest BCUT2D eigenvalue weighted by molar-refractivity contribution is 6.42. The Labute approximate surface area is 126 Å². The van der Waals surface area contributed by atoms with Crippen LogP contribution in [-0.2, 0) is 6.42 Å². The summed E-state index contributed by atoms with van der Waals surface area (Å²) in [7, 11) is 0. The van der Waals surface area contributed by atoms with Crippen LogP contribution in [0.3, 0.4) is 0 Å². The molecule has 1 nitrogen and oxygen atoms in total. The third kappa shape index (κ3) is 4.11. The zero-order valence-electron chi connectivity index (χ0n) is 11.8. The molecule has 2 unspecified atom stereocenters. The molecule has 0 heterocycles. The molecule has 0 saturated heterocycles. The zero-order chi connectivity index (χ0) is 13.8. The van der Waals surface area contributed by atoms with Crippen molar-refractivity contribution in [3.8, 4) is 0 Å². The van der Waals surface area contributed by atoms with E-state index in [9.17, 15) is 0 Å². The van der Waals surface area contributed by atoms with Crippen molar-refractivity contribution in [2.45, 2.75) is 45.6 Å². The Kier molecular flexibility index (Phi) is 5.56. The number of benzene rings is 1. The van der Waals surface area contributed by atoms with Crippen LogP contribution in [0.15, 0.2) is 18.2 Å². The summed E-state index contributed by atoms with van der Waals surface area (Å²) in [6.07, 6.45) is 4.90. The standard InChI is InChI=1S/C16H23Cl2N/c1-3-9-19-15(11(2)12-7-8-12)10-13-5-4-6-14(17)16(13)18/h4-6,11-12,15,19H,3,7-10H2,1-2H3. The molecule has 2 rings (SSSR count). The molecule has 1 aliphatic rings. The number of hydrogen-bond acceptors (Lipinski definition) is 1. The first-order valence-corrected chi connectivity index (χ1v) is 8.05. The van der Waals surface area contributed by atoms with E-state index in [1.807, 2.05) is 12.1 Å². The van der Waals surface area contributed by atoms with Crippen LogP contribution in [0.5, 0.6) is 0 Å².